The van der Waals surface area contributed by atoms with Crippen molar-refractivity contribution in [3.05, 3.63) is 36.5 Å². The second-order valence-electron chi connectivity index (χ2n) is 11.1. The summed E-state index contributed by atoms with van der Waals surface area (Å²) in [6.07, 6.45) is 2.28. The Bertz CT molecular complexity index is 1480. The van der Waals surface area contributed by atoms with Gasteiger partial charge in [-0.05, 0) is 51.4 Å². The molecule has 1 aromatic carbocycles. The fourth-order valence-electron chi connectivity index (χ4n) is 5.70. The number of nitrogens with zero attached hydrogens (tertiary/aromatic N) is 3. The summed E-state index contributed by atoms with van der Waals surface area (Å²) in [4.78, 5) is 6.39. The number of benzene rings is 1. The summed E-state index contributed by atoms with van der Waals surface area (Å²) in [6, 6.07) is 7.87. The molecule has 0 radical (unpaired) electrons. The van der Waals surface area contributed by atoms with Crippen molar-refractivity contribution in [2.24, 2.45) is 0 Å². The molecule has 2 saturated heterocycles. The van der Waals surface area contributed by atoms with E-state index in [9.17, 15) is 21.9 Å². The van der Waals surface area contributed by atoms with Crippen molar-refractivity contribution in [1.29, 1.82) is 0 Å². The van der Waals surface area contributed by atoms with Crippen molar-refractivity contribution in [2.75, 3.05) is 58.4 Å². The molecule has 13 nitrogen and oxygen atoms in total. The first kappa shape index (κ1) is 30.9. The summed E-state index contributed by atoms with van der Waals surface area (Å²) < 4.78 is 72.6. The molecule has 42 heavy (non-hydrogen) atoms. The number of fused-ring (bicyclic) bond motifs is 1. The van der Waals surface area contributed by atoms with Gasteiger partial charge in [0, 0.05) is 32.7 Å². The SMILES string of the molecule is CNS(=O)(=O)c1ccccc1OC[C@@H](O)CN[C@H]1COC2(CCN(S(=O)(=O)c3cnc4c(c3)N(C)C[C@@H](C)O4)CC2)C1. The Morgan fingerprint density at radius 2 is 1.95 bits per heavy atom. The Hall–Kier alpha value is -2.53. The molecular formula is C27H39N5O8S2. The molecule has 5 rings (SSSR count). The number of nitrogens with one attached hydrogen (secondary N) is 2. The maximum atomic E-state index is 13.4. The van der Waals surface area contributed by atoms with Crippen LogP contribution in [-0.2, 0) is 24.8 Å². The van der Waals surface area contributed by atoms with E-state index in [1.807, 2.05) is 18.9 Å². The normalized spacial score (nSPS) is 23.4. The molecule has 0 unspecified atom stereocenters. The molecule has 3 aliphatic rings. The second kappa shape index (κ2) is 12.2. The van der Waals surface area contributed by atoms with Gasteiger partial charge in [0.05, 0.1) is 24.9 Å². The van der Waals surface area contributed by atoms with E-state index in [1.165, 1.54) is 23.6 Å². The quantitative estimate of drug-likeness (QED) is 0.338. The van der Waals surface area contributed by atoms with Crippen LogP contribution in [0.15, 0.2) is 46.3 Å². The van der Waals surface area contributed by atoms with Gasteiger partial charge in [0.1, 0.15) is 40.0 Å². The molecule has 2 aromatic rings. The van der Waals surface area contributed by atoms with Gasteiger partial charge in [-0.15, -0.1) is 0 Å². The van der Waals surface area contributed by atoms with Gasteiger partial charge in [0.15, 0.2) is 0 Å². The summed E-state index contributed by atoms with van der Waals surface area (Å²) in [6.45, 7) is 3.85. The van der Waals surface area contributed by atoms with Gasteiger partial charge in [-0.25, -0.2) is 26.5 Å². The lowest BCUT2D eigenvalue weighted by Gasteiger charge is -2.38. The molecule has 0 saturated carbocycles. The van der Waals surface area contributed by atoms with Crippen LogP contribution < -0.4 is 24.4 Å². The minimum atomic E-state index is -3.73. The first-order valence-corrected chi connectivity index (χ1v) is 16.9. The Kier molecular flexibility index (Phi) is 9.00. The highest BCUT2D eigenvalue weighted by Crippen LogP contribution is 2.38. The van der Waals surface area contributed by atoms with Gasteiger partial charge < -0.3 is 29.5 Å². The highest BCUT2D eigenvalue weighted by molar-refractivity contribution is 7.89. The van der Waals surface area contributed by atoms with Crippen LogP contribution in [0.25, 0.3) is 0 Å². The van der Waals surface area contributed by atoms with Crippen LogP contribution >= 0.6 is 0 Å². The van der Waals surface area contributed by atoms with Crippen LogP contribution in [0.1, 0.15) is 26.2 Å². The first-order valence-electron chi connectivity index (χ1n) is 14.0. The Labute approximate surface area is 247 Å². The van der Waals surface area contributed by atoms with Gasteiger partial charge in [-0.2, -0.15) is 4.31 Å². The number of aliphatic hydroxyl groups excluding tert-OH is 1. The van der Waals surface area contributed by atoms with E-state index >= 15 is 0 Å². The van der Waals surface area contributed by atoms with E-state index in [4.69, 9.17) is 14.2 Å². The maximum Gasteiger partial charge on any atom is 0.244 e. The number of para-hydroxylation sites is 1. The van der Waals surface area contributed by atoms with E-state index in [2.05, 4.69) is 15.0 Å². The molecule has 4 heterocycles. The minimum Gasteiger partial charge on any atom is -0.489 e. The number of hydrogen-bond acceptors (Lipinski definition) is 11. The molecule has 3 atom stereocenters. The summed E-state index contributed by atoms with van der Waals surface area (Å²) in [5.41, 5.74) is 0.236. The van der Waals surface area contributed by atoms with Crippen molar-refractivity contribution >= 4 is 25.7 Å². The lowest BCUT2D eigenvalue weighted by Crippen LogP contribution is -2.47. The standard InChI is InChI=1S/C27H39N5O8S2/c1-19-16-31(3)23-12-22(15-30-26(23)40-19)42(36,37)32-10-8-27(9-11-32)13-20(17-39-27)29-14-21(33)18-38-24-6-4-5-7-25(24)41(34,35)28-2/h4-7,12,15,19-21,28-29,33H,8-11,13-14,16-18H2,1-3H3/t19-,20-,21+/m1/s1. The average molecular weight is 626 g/mol. The fourth-order valence-corrected chi connectivity index (χ4v) is 7.97. The van der Waals surface area contributed by atoms with Gasteiger partial charge in [0.25, 0.3) is 0 Å². The zero-order valence-corrected chi connectivity index (χ0v) is 25.7. The number of likely N-dealkylation sites (N-methyl/N-ethyl adjacent to an activating group) is 1. The van der Waals surface area contributed by atoms with E-state index in [1.54, 1.807) is 24.3 Å². The van der Waals surface area contributed by atoms with E-state index in [0.717, 1.165) is 0 Å². The van der Waals surface area contributed by atoms with Crippen molar-refractivity contribution in [3.8, 4) is 11.6 Å². The van der Waals surface area contributed by atoms with E-state index < -0.39 is 31.8 Å². The number of aliphatic hydroxyl groups is 1. The molecule has 1 spiro atoms. The number of aromatic nitrogens is 1. The number of rotatable bonds is 10. The third kappa shape index (κ3) is 6.51. The molecule has 232 valence electrons. The summed E-state index contributed by atoms with van der Waals surface area (Å²) in [7, 11) is -4.20. The van der Waals surface area contributed by atoms with Crippen molar-refractivity contribution in [2.45, 2.75) is 59.8 Å². The zero-order chi connectivity index (χ0) is 30.1. The number of piperidine rings is 1. The second-order valence-corrected chi connectivity index (χ2v) is 14.9. The van der Waals surface area contributed by atoms with E-state index in [-0.39, 0.29) is 40.8 Å². The first-order chi connectivity index (χ1) is 19.9. The van der Waals surface area contributed by atoms with Crippen LogP contribution in [0.4, 0.5) is 5.69 Å². The molecule has 0 bridgehead atoms. The topological polar surface area (TPSA) is 160 Å². The van der Waals surface area contributed by atoms with Crippen LogP contribution in [0.5, 0.6) is 11.6 Å². The fraction of sp³-hybridized carbons (Fsp3) is 0.593. The highest BCUT2D eigenvalue weighted by atomic mass is 32.2. The van der Waals surface area contributed by atoms with Crippen molar-refractivity contribution in [1.82, 2.24) is 19.3 Å². The number of hydrogen-bond donors (Lipinski definition) is 3. The smallest absolute Gasteiger partial charge is 0.244 e. The largest absolute Gasteiger partial charge is 0.489 e. The average Bonchev–Trinajstić information content (AvgIpc) is 3.37. The predicted molar refractivity (Wildman–Crippen MR) is 155 cm³/mol. The van der Waals surface area contributed by atoms with E-state index in [0.29, 0.717) is 57.1 Å². The van der Waals surface area contributed by atoms with Crippen LogP contribution in [0, 0.1) is 0 Å². The number of pyridine rings is 1. The Morgan fingerprint density at radius 1 is 1.21 bits per heavy atom. The number of ether oxygens (including phenoxy) is 3. The lowest BCUT2D eigenvalue weighted by molar-refractivity contribution is -0.0312. The van der Waals surface area contributed by atoms with Gasteiger partial charge >= 0.3 is 0 Å². The molecule has 0 aliphatic carbocycles. The minimum absolute atomic E-state index is 0.00558. The van der Waals surface area contributed by atoms with Crippen LogP contribution in [0.3, 0.4) is 0 Å². The van der Waals surface area contributed by atoms with Crippen LogP contribution in [-0.4, -0.2) is 109 Å². The zero-order valence-electron chi connectivity index (χ0n) is 24.0. The Morgan fingerprint density at radius 3 is 2.69 bits per heavy atom. The molecule has 1 aromatic heterocycles. The Balaban J connectivity index is 1.11. The molecule has 3 aliphatic heterocycles. The third-order valence-electron chi connectivity index (χ3n) is 8.02. The van der Waals surface area contributed by atoms with Gasteiger partial charge in [0.2, 0.25) is 25.9 Å². The summed E-state index contributed by atoms with van der Waals surface area (Å²) in [5.74, 6) is 0.603. The molecule has 3 N–H and O–H groups in total. The van der Waals surface area contributed by atoms with Crippen molar-refractivity contribution in [3.63, 3.8) is 0 Å². The number of anilines is 1. The lowest BCUT2D eigenvalue weighted by atomic mass is 9.88. The monoisotopic (exact) mass is 625 g/mol. The number of sulfonamides is 2. The van der Waals surface area contributed by atoms with Gasteiger partial charge in [-0.3, -0.25) is 0 Å². The third-order valence-corrected chi connectivity index (χ3v) is 11.3. The molecule has 15 heteroatoms. The molecular weight excluding hydrogens is 586 g/mol. The predicted octanol–water partition coefficient (Wildman–Crippen LogP) is 0.549. The molecule has 2 fully saturated rings. The summed E-state index contributed by atoms with van der Waals surface area (Å²) >= 11 is 0. The van der Waals surface area contributed by atoms with Gasteiger partial charge in [-0.1, -0.05) is 12.1 Å². The highest BCUT2D eigenvalue weighted by Gasteiger charge is 2.45. The van der Waals surface area contributed by atoms with Crippen molar-refractivity contribution < 1.29 is 36.2 Å². The van der Waals surface area contributed by atoms with Crippen LogP contribution in [0.2, 0.25) is 0 Å². The molecule has 0 amide bonds. The summed E-state index contributed by atoms with van der Waals surface area (Å²) in [5, 5.41) is 13.8. The maximum absolute atomic E-state index is 13.4.